The van der Waals surface area contributed by atoms with Crippen molar-refractivity contribution in [2.24, 2.45) is 0 Å². The van der Waals surface area contributed by atoms with Crippen LogP contribution in [0.25, 0.3) is 0 Å². The van der Waals surface area contributed by atoms with Gasteiger partial charge in [-0.25, -0.2) is 4.98 Å². The Morgan fingerprint density at radius 1 is 1.39 bits per heavy atom. The summed E-state index contributed by atoms with van der Waals surface area (Å²) in [7, 11) is 0. The zero-order chi connectivity index (χ0) is 14.8. The number of anilines is 2. The second-order valence-corrected chi connectivity index (χ2v) is 6.20. The molecule has 0 unspecified atom stereocenters. The number of carbonyl (C=O) groups is 1. The molecule has 1 aliphatic rings. The number of amides is 1. The minimum atomic E-state index is 0. The van der Waals surface area contributed by atoms with Gasteiger partial charge in [0.2, 0.25) is 5.91 Å². The molecule has 2 N–H and O–H groups in total. The maximum atomic E-state index is 12.6. The number of carbonyl (C=O) groups excluding carboxylic acids is 1. The summed E-state index contributed by atoms with van der Waals surface area (Å²) in [5.74, 6) is 0.106. The van der Waals surface area contributed by atoms with Crippen LogP contribution in [-0.2, 0) is 24.1 Å². The van der Waals surface area contributed by atoms with Crippen molar-refractivity contribution in [1.82, 2.24) is 4.98 Å². The van der Waals surface area contributed by atoms with Crippen molar-refractivity contribution in [3.05, 3.63) is 39.8 Å². The lowest BCUT2D eigenvalue weighted by Crippen LogP contribution is -2.36. The van der Waals surface area contributed by atoms with Crippen LogP contribution in [0.1, 0.15) is 29.6 Å². The Bertz CT molecular complexity index is 675. The van der Waals surface area contributed by atoms with Crippen molar-refractivity contribution >= 4 is 53.4 Å². The molecule has 0 spiro atoms. The molecular formula is C16H21Cl2N3OS. The van der Waals surface area contributed by atoms with Gasteiger partial charge in [-0.2, -0.15) is 0 Å². The van der Waals surface area contributed by atoms with Crippen LogP contribution in [0.5, 0.6) is 0 Å². The number of rotatable bonds is 3. The Hall–Kier alpha value is -1.30. The molecule has 0 aliphatic carbocycles. The van der Waals surface area contributed by atoms with E-state index in [1.807, 2.05) is 28.5 Å². The first kappa shape index (κ1) is 19.7. The van der Waals surface area contributed by atoms with Gasteiger partial charge in [0.1, 0.15) is 0 Å². The quantitative estimate of drug-likeness (QED) is 0.835. The third-order valence-corrected chi connectivity index (χ3v) is 4.86. The van der Waals surface area contributed by atoms with Gasteiger partial charge in [-0.05, 0) is 37.0 Å². The number of hydrogen-bond acceptors (Lipinski definition) is 4. The fourth-order valence-corrected chi connectivity index (χ4v) is 3.50. The molecule has 2 heterocycles. The summed E-state index contributed by atoms with van der Waals surface area (Å²) in [6.45, 7) is 2.84. The zero-order valence-corrected chi connectivity index (χ0v) is 15.4. The minimum absolute atomic E-state index is 0. The van der Waals surface area contributed by atoms with Gasteiger partial charge in [-0.1, -0.05) is 13.0 Å². The number of halogens is 2. The van der Waals surface area contributed by atoms with Crippen molar-refractivity contribution in [3.63, 3.8) is 0 Å². The first-order chi connectivity index (χ1) is 10.2. The van der Waals surface area contributed by atoms with E-state index in [0.717, 1.165) is 53.4 Å². The van der Waals surface area contributed by atoms with Gasteiger partial charge in [-0.3, -0.25) is 4.79 Å². The summed E-state index contributed by atoms with van der Waals surface area (Å²) < 4.78 is 0. The van der Waals surface area contributed by atoms with Crippen molar-refractivity contribution in [1.29, 1.82) is 0 Å². The molecule has 126 valence electrons. The first-order valence-corrected chi connectivity index (χ1v) is 8.18. The van der Waals surface area contributed by atoms with Crippen LogP contribution in [0, 0.1) is 0 Å². The van der Waals surface area contributed by atoms with Crippen LogP contribution >= 0.6 is 36.2 Å². The molecule has 1 aromatic heterocycles. The number of aromatic nitrogens is 1. The maximum Gasteiger partial charge on any atom is 0.233 e. The van der Waals surface area contributed by atoms with Crippen LogP contribution in [0.4, 0.5) is 11.4 Å². The summed E-state index contributed by atoms with van der Waals surface area (Å²) in [5.41, 5.74) is 9.76. The maximum absolute atomic E-state index is 12.6. The Morgan fingerprint density at radius 3 is 2.87 bits per heavy atom. The summed E-state index contributed by atoms with van der Waals surface area (Å²) in [6.07, 6.45) is 3.19. The molecule has 4 nitrogen and oxygen atoms in total. The fraction of sp³-hybridized carbons (Fsp3) is 0.375. The Labute approximate surface area is 152 Å². The molecule has 3 rings (SSSR count). The summed E-state index contributed by atoms with van der Waals surface area (Å²) in [4.78, 5) is 18.9. The molecule has 2 aromatic rings. The number of thiazole rings is 1. The standard InChI is InChI=1S/C16H19N3OS.2ClH/c1-2-15-18-11(10-21-15)9-16(20)19-8-4-5-12-13(17)6-3-7-14(12)19;;/h3,6-7,10H,2,4-5,8-9,17H2,1H3;2*1H. The van der Waals surface area contributed by atoms with Crippen LogP contribution in [0.3, 0.4) is 0 Å². The lowest BCUT2D eigenvalue weighted by atomic mass is 9.99. The smallest absolute Gasteiger partial charge is 0.233 e. The molecule has 0 bridgehead atoms. The molecule has 0 saturated heterocycles. The van der Waals surface area contributed by atoms with Gasteiger partial charge in [0, 0.05) is 23.3 Å². The minimum Gasteiger partial charge on any atom is -0.398 e. The van der Waals surface area contributed by atoms with Gasteiger partial charge < -0.3 is 10.6 Å². The Morgan fingerprint density at radius 2 is 2.17 bits per heavy atom. The molecule has 1 aromatic carbocycles. The number of benzene rings is 1. The van der Waals surface area contributed by atoms with Crippen molar-refractivity contribution in [2.45, 2.75) is 32.6 Å². The van der Waals surface area contributed by atoms with E-state index in [2.05, 4.69) is 11.9 Å². The molecule has 0 saturated carbocycles. The lowest BCUT2D eigenvalue weighted by molar-refractivity contribution is -0.118. The Kier molecular flexibility index (Phi) is 7.32. The summed E-state index contributed by atoms with van der Waals surface area (Å²) in [5, 5.41) is 3.07. The number of fused-ring (bicyclic) bond motifs is 1. The highest BCUT2D eigenvalue weighted by Crippen LogP contribution is 2.31. The van der Waals surface area contributed by atoms with Crippen molar-refractivity contribution < 1.29 is 4.79 Å². The largest absolute Gasteiger partial charge is 0.398 e. The number of nitrogens with zero attached hydrogens (tertiary/aromatic N) is 2. The van der Waals surface area contributed by atoms with Crippen molar-refractivity contribution in [3.8, 4) is 0 Å². The first-order valence-electron chi connectivity index (χ1n) is 7.30. The molecule has 1 aliphatic heterocycles. The van der Waals surface area contributed by atoms with E-state index in [4.69, 9.17) is 5.73 Å². The molecule has 0 fully saturated rings. The predicted octanol–water partition coefficient (Wildman–Crippen LogP) is 3.65. The predicted molar refractivity (Wildman–Crippen MR) is 101 cm³/mol. The topological polar surface area (TPSA) is 59.2 Å². The second kappa shape index (κ2) is 8.52. The van der Waals surface area contributed by atoms with E-state index in [-0.39, 0.29) is 30.7 Å². The van der Waals surface area contributed by atoms with Gasteiger partial charge in [0.15, 0.2) is 0 Å². The Balaban J connectivity index is 0.00000132. The molecule has 23 heavy (non-hydrogen) atoms. The number of nitrogens with two attached hydrogens (primary N) is 1. The molecule has 0 atom stereocenters. The average molecular weight is 374 g/mol. The van der Waals surface area contributed by atoms with Gasteiger partial charge in [0.05, 0.1) is 17.1 Å². The number of aryl methyl sites for hydroxylation is 1. The molecule has 7 heteroatoms. The van der Waals surface area contributed by atoms with E-state index in [0.29, 0.717) is 6.42 Å². The zero-order valence-electron chi connectivity index (χ0n) is 12.9. The van der Waals surface area contributed by atoms with Gasteiger partial charge >= 0.3 is 0 Å². The monoisotopic (exact) mass is 373 g/mol. The summed E-state index contributed by atoms with van der Waals surface area (Å²) >= 11 is 1.62. The highest BCUT2D eigenvalue weighted by Gasteiger charge is 2.24. The normalized spacial score (nSPS) is 12.8. The van der Waals surface area contributed by atoms with Crippen LogP contribution in [0.15, 0.2) is 23.6 Å². The van der Waals surface area contributed by atoms with E-state index in [1.165, 1.54) is 0 Å². The van der Waals surface area contributed by atoms with Crippen LogP contribution < -0.4 is 10.6 Å². The highest BCUT2D eigenvalue weighted by atomic mass is 35.5. The number of nitrogen functional groups attached to an aromatic ring is 1. The van der Waals surface area contributed by atoms with E-state index < -0.39 is 0 Å². The third kappa shape index (κ3) is 4.16. The van der Waals surface area contributed by atoms with Gasteiger partial charge in [-0.15, -0.1) is 36.2 Å². The molecule has 1 amide bonds. The fourth-order valence-electron chi connectivity index (χ4n) is 2.75. The SMILES string of the molecule is CCc1nc(CC(=O)N2CCCc3c(N)cccc32)cs1.Cl.Cl. The second-order valence-electron chi connectivity index (χ2n) is 5.26. The van der Waals surface area contributed by atoms with Crippen molar-refractivity contribution in [2.75, 3.05) is 17.2 Å². The van der Waals surface area contributed by atoms with E-state index >= 15 is 0 Å². The summed E-state index contributed by atoms with van der Waals surface area (Å²) in [6, 6.07) is 5.81. The van der Waals surface area contributed by atoms with E-state index in [9.17, 15) is 4.79 Å². The lowest BCUT2D eigenvalue weighted by Gasteiger charge is -2.30. The average Bonchev–Trinajstić information content (AvgIpc) is 2.95. The highest BCUT2D eigenvalue weighted by molar-refractivity contribution is 7.09. The van der Waals surface area contributed by atoms with E-state index in [1.54, 1.807) is 11.3 Å². The third-order valence-electron chi connectivity index (χ3n) is 3.82. The molecular weight excluding hydrogens is 353 g/mol. The van der Waals surface area contributed by atoms with Crippen LogP contribution in [-0.4, -0.2) is 17.4 Å². The number of hydrogen-bond donors (Lipinski definition) is 1. The van der Waals surface area contributed by atoms with Crippen LogP contribution in [0.2, 0.25) is 0 Å². The molecule has 0 radical (unpaired) electrons. The van der Waals surface area contributed by atoms with Gasteiger partial charge in [0.25, 0.3) is 0 Å².